The fourth-order valence-corrected chi connectivity index (χ4v) is 5.61. The molecule has 192 valence electrons. The number of morpholine rings is 1. The first kappa shape index (κ1) is 26.7. The Morgan fingerprint density at radius 2 is 1.94 bits per heavy atom. The molecule has 0 aliphatic carbocycles. The highest BCUT2D eigenvalue weighted by Gasteiger charge is 2.27. The highest BCUT2D eigenvalue weighted by Crippen LogP contribution is 2.28. The maximum atomic E-state index is 12.9. The Kier molecular flexibility index (Phi) is 8.75. The number of aromatic nitrogens is 3. The van der Waals surface area contributed by atoms with Crippen LogP contribution in [0.3, 0.4) is 0 Å². The van der Waals surface area contributed by atoms with E-state index >= 15 is 0 Å². The van der Waals surface area contributed by atoms with Crippen LogP contribution in [0.15, 0.2) is 46.5 Å². The van der Waals surface area contributed by atoms with Crippen LogP contribution in [0.1, 0.15) is 11.4 Å². The SMILES string of the molecule is Cc1cc(OCc2nc(SCC(=O)Nc3cc(S(=O)(=O)N4CCOCC4)ccc3Cl)n[nH]2)ccc1Cl. The van der Waals surface area contributed by atoms with Crippen LogP contribution in [0.5, 0.6) is 5.75 Å². The van der Waals surface area contributed by atoms with Gasteiger partial charge < -0.3 is 14.8 Å². The number of aromatic amines is 1. The van der Waals surface area contributed by atoms with Gasteiger partial charge in [0, 0.05) is 18.1 Å². The van der Waals surface area contributed by atoms with Crippen LogP contribution in [0, 0.1) is 6.92 Å². The van der Waals surface area contributed by atoms with Crippen molar-refractivity contribution in [2.24, 2.45) is 0 Å². The smallest absolute Gasteiger partial charge is 0.243 e. The second-order valence-corrected chi connectivity index (χ2v) is 11.5. The number of thioether (sulfide) groups is 1. The second kappa shape index (κ2) is 11.8. The number of ether oxygens (including phenoxy) is 2. The molecule has 0 spiro atoms. The summed E-state index contributed by atoms with van der Waals surface area (Å²) in [5.74, 6) is 0.749. The van der Waals surface area contributed by atoms with Crippen LogP contribution in [0.25, 0.3) is 0 Å². The van der Waals surface area contributed by atoms with Gasteiger partial charge in [0.25, 0.3) is 0 Å². The number of sulfonamides is 1. The molecule has 0 bridgehead atoms. The number of carbonyl (C=O) groups excluding carboxylic acids is 1. The summed E-state index contributed by atoms with van der Waals surface area (Å²) in [6.07, 6.45) is 0. The van der Waals surface area contributed by atoms with E-state index in [0.29, 0.717) is 35.0 Å². The summed E-state index contributed by atoms with van der Waals surface area (Å²) in [6, 6.07) is 9.56. The van der Waals surface area contributed by atoms with Crippen molar-refractivity contribution in [2.45, 2.75) is 23.6 Å². The van der Waals surface area contributed by atoms with Crippen LogP contribution < -0.4 is 10.1 Å². The van der Waals surface area contributed by atoms with E-state index in [2.05, 4.69) is 20.5 Å². The molecule has 1 aromatic heterocycles. The number of amides is 1. The molecule has 1 aliphatic rings. The van der Waals surface area contributed by atoms with E-state index in [0.717, 1.165) is 17.3 Å². The Bertz CT molecular complexity index is 1350. The number of H-pyrrole nitrogens is 1. The first-order valence-electron chi connectivity index (χ1n) is 10.8. The second-order valence-electron chi connectivity index (χ2n) is 7.76. The monoisotopic (exact) mass is 571 g/mol. The number of nitrogens with one attached hydrogen (secondary N) is 2. The number of halogens is 2. The van der Waals surface area contributed by atoms with E-state index < -0.39 is 10.0 Å². The number of nitrogens with zero attached hydrogens (tertiary/aromatic N) is 3. The molecule has 1 amide bonds. The highest BCUT2D eigenvalue weighted by molar-refractivity contribution is 7.99. The minimum absolute atomic E-state index is 0.00863. The average molecular weight is 572 g/mol. The standard InChI is InChI=1S/C22H23Cl2N5O5S2/c1-14-10-15(2-4-17(14)23)34-12-20-26-22(28-27-20)35-13-21(30)25-19-11-16(3-5-18(19)24)36(31,32)29-6-8-33-9-7-29/h2-5,10-11H,6-9,12-13H2,1H3,(H,25,30)(H,26,27,28). The lowest BCUT2D eigenvalue weighted by Gasteiger charge is -2.26. The summed E-state index contributed by atoms with van der Waals surface area (Å²) in [4.78, 5) is 16.9. The van der Waals surface area contributed by atoms with Crippen LogP contribution in [-0.2, 0) is 26.2 Å². The molecule has 2 heterocycles. The topological polar surface area (TPSA) is 127 Å². The van der Waals surface area contributed by atoms with E-state index in [1.54, 1.807) is 12.1 Å². The Balaban J connectivity index is 1.32. The van der Waals surface area contributed by atoms with Gasteiger partial charge in [-0.2, -0.15) is 4.31 Å². The molecular formula is C22H23Cl2N5O5S2. The van der Waals surface area contributed by atoms with Crippen molar-refractivity contribution in [1.82, 2.24) is 19.5 Å². The van der Waals surface area contributed by atoms with Crippen molar-refractivity contribution >= 4 is 56.6 Å². The lowest BCUT2D eigenvalue weighted by atomic mass is 10.2. The van der Waals surface area contributed by atoms with Gasteiger partial charge in [-0.1, -0.05) is 35.0 Å². The lowest BCUT2D eigenvalue weighted by Crippen LogP contribution is -2.40. The zero-order valence-electron chi connectivity index (χ0n) is 19.2. The van der Waals surface area contributed by atoms with Crippen molar-refractivity contribution in [3.05, 3.63) is 57.8 Å². The number of hydrogen-bond acceptors (Lipinski definition) is 8. The molecule has 36 heavy (non-hydrogen) atoms. The first-order chi connectivity index (χ1) is 17.2. The fraction of sp³-hybridized carbons (Fsp3) is 0.318. The summed E-state index contributed by atoms with van der Waals surface area (Å²) in [5.41, 5.74) is 1.11. The van der Waals surface area contributed by atoms with E-state index in [1.807, 2.05) is 13.0 Å². The third-order valence-electron chi connectivity index (χ3n) is 5.17. The van der Waals surface area contributed by atoms with Crippen LogP contribution in [0.2, 0.25) is 10.0 Å². The van der Waals surface area contributed by atoms with Crippen molar-refractivity contribution in [1.29, 1.82) is 0 Å². The molecular weight excluding hydrogens is 549 g/mol. The minimum Gasteiger partial charge on any atom is -0.486 e. The molecule has 1 aliphatic heterocycles. The quantitative estimate of drug-likeness (QED) is 0.372. The molecule has 0 unspecified atom stereocenters. The molecule has 3 aromatic rings. The molecule has 1 saturated heterocycles. The lowest BCUT2D eigenvalue weighted by molar-refractivity contribution is -0.113. The van der Waals surface area contributed by atoms with Crippen LogP contribution >= 0.6 is 35.0 Å². The van der Waals surface area contributed by atoms with Gasteiger partial charge in [-0.25, -0.2) is 13.4 Å². The zero-order valence-corrected chi connectivity index (χ0v) is 22.3. The van der Waals surface area contributed by atoms with E-state index in [4.69, 9.17) is 32.7 Å². The summed E-state index contributed by atoms with van der Waals surface area (Å²) in [5, 5.41) is 10.8. The maximum Gasteiger partial charge on any atom is 0.243 e. The Labute approximate surface area is 222 Å². The van der Waals surface area contributed by atoms with Gasteiger partial charge in [-0.15, -0.1) is 5.10 Å². The molecule has 4 rings (SSSR count). The van der Waals surface area contributed by atoms with E-state index in [1.165, 1.54) is 22.5 Å². The van der Waals surface area contributed by atoms with Crippen LogP contribution in [0.4, 0.5) is 5.69 Å². The van der Waals surface area contributed by atoms with Crippen molar-refractivity contribution in [3.8, 4) is 5.75 Å². The fourth-order valence-electron chi connectivity index (χ4n) is 3.28. The summed E-state index contributed by atoms with van der Waals surface area (Å²) >= 11 is 13.3. The molecule has 2 N–H and O–H groups in total. The zero-order chi connectivity index (χ0) is 25.7. The molecule has 0 radical (unpaired) electrons. The Morgan fingerprint density at radius 1 is 1.19 bits per heavy atom. The average Bonchev–Trinajstić information content (AvgIpc) is 3.33. The molecule has 14 heteroatoms. The largest absolute Gasteiger partial charge is 0.486 e. The minimum atomic E-state index is -3.72. The van der Waals surface area contributed by atoms with Gasteiger partial charge in [0.05, 0.1) is 34.6 Å². The molecule has 1 fully saturated rings. The van der Waals surface area contributed by atoms with E-state index in [9.17, 15) is 13.2 Å². The summed E-state index contributed by atoms with van der Waals surface area (Å²) in [7, 11) is -3.72. The van der Waals surface area contributed by atoms with Gasteiger partial charge in [0.15, 0.2) is 5.82 Å². The third-order valence-corrected chi connectivity index (χ3v) is 8.66. The number of rotatable bonds is 9. The highest BCUT2D eigenvalue weighted by atomic mass is 35.5. The van der Waals surface area contributed by atoms with Crippen molar-refractivity contribution < 1.29 is 22.7 Å². The Hall–Kier alpha value is -2.35. The third kappa shape index (κ3) is 6.69. The van der Waals surface area contributed by atoms with Gasteiger partial charge in [-0.05, 0) is 48.9 Å². The molecule has 0 saturated carbocycles. The normalized spacial score (nSPS) is 14.5. The summed E-state index contributed by atoms with van der Waals surface area (Å²) < 4.78 is 38.1. The van der Waals surface area contributed by atoms with Gasteiger partial charge in [0.2, 0.25) is 21.1 Å². The van der Waals surface area contributed by atoms with Gasteiger partial charge >= 0.3 is 0 Å². The number of aryl methyl sites for hydroxylation is 1. The molecule has 10 nitrogen and oxygen atoms in total. The summed E-state index contributed by atoms with van der Waals surface area (Å²) in [6.45, 7) is 3.27. The maximum absolute atomic E-state index is 12.9. The molecule has 0 atom stereocenters. The van der Waals surface area contributed by atoms with E-state index in [-0.39, 0.29) is 47.0 Å². The van der Waals surface area contributed by atoms with Gasteiger partial charge in [0.1, 0.15) is 12.4 Å². The molecule has 2 aromatic carbocycles. The predicted octanol–water partition coefficient (Wildman–Crippen LogP) is 3.75. The number of carbonyl (C=O) groups is 1. The number of anilines is 1. The van der Waals surface area contributed by atoms with Gasteiger partial charge in [-0.3, -0.25) is 9.89 Å². The predicted molar refractivity (Wildman–Crippen MR) is 137 cm³/mol. The number of hydrogen-bond donors (Lipinski definition) is 2. The van der Waals surface area contributed by atoms with Crippen LogP contribution in [-0.4, -0.2) is 65.9 Å². The Morgan fingerprint density at radius 3 is 2.69 bits per heavy atom. The number of benzene rings is 2. The van der Waals surface area contributed by atoms with Crippen molar-refractivity contribution in [3.63, 3.8) is 0 Å². The first-order valence-corrected chi connectivity index (χ1v) is 14.0. The van der Waals surface area contributed by atoms with Crippen molar-refractivity contribution in [2.75, 3.05) is 37.4 Å².